The number of carboxylic acids is 1. The van der Waals surface area contributed by atoms with Crippen molar-refractivity contribution in [1.29, 1.82) is 0 Å². The van der Waals surface area contributed by atoms with E-state index in [2.05, 4.69) is 10.6 Å². The second-order valence-electron chi connectivity index (χ2n) is 6.27. The van der Waals surface area contributed by atoms with Gasteiger partial charge < -0.3 is 20.5 Å². The number of carbonyl (C=O) groups excluding carboxylic acids is 1. The largest absolute Gasteiger partial charge is 0.481 e. The van der Waals surface area contributed by atoms with Gasteiger partial charge in [-0.15, -0.1) is 0 Å². The lowest BCUT2D eigenvalue weighted by Gasteiger charge is -2.35. The van der Waals surface area contributed by atoms with Gasteiger partial charge in [0.15, 0.2) is 0 Å². The Bertz CT molecular complexity index is 352. The molecule has 6 heteroatoms. The van der Waals surface area contributed by atoms with Crippen molar-refractivity contribution in [3.05, 3.63) is 0 Å². The summed E-state index contributed by atoms with van der Waals surface area (Å²) in [6, 6.07) is -0.109. The molecule has 0 aromatic heterocycles. The summed E-state index contributed by atoms with van der Waals surface area (Å²) in [7, 11) is 0. The van der Waals surface area contributed by atoms with Gasteiger partial charge in [0, 0.05) is 12.1 Å². The SMILES string of the molecule is CCN[C@@H]1CC[C@@H](C(=O)O)C[C@@H]1NC(=O)OC(C)(C)C. The van der Waals surface area contributed by atoms with Gasteiger partial charge in [0.05, 0.1) is 5.92 Å². The van der Waals surface area contributed by atoms with Crippen LogP contribution in [-0.4, -0.2) is 41.4 Å². The number of aliphatic carboxylic acids is 1. The number of carboxylic acid groups (broad SMARTS) is 1. The number of hydrogen-bond donors (Lipinski definition) is 3. The van der Waals surface area contributed by atoms with E-state index in [1.54, 1.807) is 20.8 Å². The van der Waals surface area contributed by atoms with Crippen LogP contribution in [0.2, 0.25) is 0 Å². The van der Waals surface area contributed by atoms with E-state index in [-0.39, 0.29) is 12.1 Å². The van der Waals surface area contributed by atoms with Crippen LogP contribution in [-0.2, 0) is 9.53 Å². The zero-order chi connectivity index (χ0) is 15.3. The van der Waals surface area contributed by atoms with Crippen LogP contribution in [0.25, 0.3) is 0 Å². The predicted octanol–water partition coefficient (Wildman–Crippen LogP) is 1.74. The summed E-state index contributed by atoms with van der Waals surface area (Å²) in [6.07, 6.45) is 1.33. The van der Waals surface area contributed by atoms with Crippen molar-refractivity contribution in [3.63, 3.8) is 0 Å². The Labute approximate surface area is 120 Å². The average molecular weight is 286 g/mol. The second-order valence-corrected chi connectivity index (χ2v) is 6.27. The van der Waals surface area contributed by atoms with Crippen LogP contribution in [0.4, 0.5) is 4.79 Å². The Hall–Kier alpha value is -1.30. The Balaban J connectivity index is 2.64. The molecule has 3 N–H and O–H groups in total. The number of likely N-dealkylation sites (N-methyl/N-ethyl adjacent to an activating group) is 1. The number of rotatable bonds is 4. The molecule has 1 aliphatic rings. The van der Waals surface area contributed by atoms with Crippen LogP contribution < -0.4 is 10.6 Å². The maximum atomic E-state index is 11.8. The Morgan fingerprint density at radius 2 is 1.90 bits per heavy atom. The maximum absolute atomic E-state index is 11.8. The molecule has 1 amide bonds. The van der Waals surface area contributed by atoms with Gasteiger partial charge in [0.2, 0.25) is 0 Å². The Kier molecular flexibility index (Phi) is 5.80. The molecule has 1 aliphatic carbocycles. The zero-order valence-electron chi connectivity index (χ0n) is 12.7. The lowest BCUT2D eigenvalue weighted by molar-refractivity contribution is -0.143. The lowest BCUT2D eigenvalue weighted by Crippen LogP contribution is -2.54. The van der Waals surface area contributed by atoms with Crippen LogP contribution in [0, 0.1) is 5.92 Å². The minimum absolute atomic E-state index is 0.100. The van der Waals surface area contributed by atoms with E-state index in [0.717, 1.165) is 13.0 Å². The number of amides is 1. The highest BCUT2D eigenvalue weighted by atomic mass is 16.6. The summed E-state index contributed by atoms with van der Waals surface area (Å²) < 4.78 is 5.24. The molecule has 0 unspecified atom stereocenters. The summed E-state index contributed by atoms with van der Waals surface area (Å²) in [5.74, 6) is -1.19. The topological polar surface area (TPSA) is 87.7 Å². The monoisotopic (exact) mass is 286 g/mol. The highest BCUT2D eigenvalue weighted by molar-refractivity contribution is 5.71. The molecular formula is C14H26N2O4. The third kappa shape index (κ3) is 5.36. The summed E-state index contributed by atoms with van der Waals surface area (Å²) in [5, 5.41) is 15.2. The number of nitrogens with one attached hydrogen (secondary N) is 2. The standard InChI is InChI=1S/C14H26N2O4/c1-5-15-10-7-6-9(12(17)18)8-11(10)16-13(19)20-14(2,3)4/h9-11,15H,5-8H2,1-4H3,(H,16,19)(H,17,18)/t9-,10-,11+/m1/s1. The number of carbonyl (C=O) groups is 2. The van der Waals surface area contributed by atoms with Crippen LogP contribution in [0.5, 0.6) is 0 Å². The van der Waals surface area contributed by atoms with Gasteiger partial charge >= 0.3 is 12.1 Å². The number of hydrogen-bond acceptors (Lipinski definition) is 4. The van der Waals surface area contributed by atoms with E-state index in [1.165, 1.54) is 0 Å². The molecule has 0 spiro atoms. The molecule has 0 aromatic rings. The predicted molar refractivity (Wildman–Crippen MR) is 75.6 cm³/mol. The molecule has 1 saturated carbocycles. The molecule has 0 heterocycles. The van der Waals surface area contributed by atoms with E-state index in [9.17, 15) is 9.59 Å². The molecule has 0 saturated heterocycles. The molecule has 0 aromatic carbocycles. The van der Waals surface area contributed by atoms with E-state index >= 15 is 0 Å². The third-order valence-corrected chi connectivity index (χ3v) is 3.37. The maximum Gasteiger partial charge on any atom is 0.407 e. The van der Waals surface area contributed by atoms with Crippen molar-refractivity contribution in [2.45, 2.75) is 64.6 Å². The van der Waals surface area contributed by atoms with Gasteiger partial charge in [-0.1, -0.05) is 6.92 Å². The lowest BCUT2D eigenvalue weighted by atomic mass is 9.82. The smallest absolute Gasteiger partial charge is 0.407 e. The van der Waals surface area contributed by atoms with E-state index in [4.69, 9.17) is 9.84 Å². The van der Waals surface area contributed by atoms with Crippen LogP contribution in [0.3, 0.4) is 0 Å². The first-order valence-corrected chi connectivity index (χ1v) is 7.18. The average Bonchev–Trinajstić information content (AvgIpc) is 2.28. The Morgan fingerprint density at radius 1 is 1.25 bits per heavy atom. The highest BCUT2D eigenvalue weighted by Gasteiger charge is 2.35. The van der Waals surface area contributed by atoms with Crippen molar-refractivity contribution in [3.8, 4) is 0 Å². The van der Waals surface area contributed by atoms with Crippen molar-refractivity contribution in [1.82, 2.24) is 10.6 Å². The normalized spacial score (nSPS) is 26.9. The molecule has 0 bridgehead atoms. The highest BCUT2D eigenvalue weighted by Crippen LogP contribution is 2.25. The molecule has 1 fully saturated rings. The molecule has 20 heavy (non-hydrogen) atoms. The molecule has 0 aliphatic heterocycles. The fourth-order valence-corrected chi connectivity index (χ4v) is 2.52. The zero-order valence-corrected chi connectivity index (χ0v) is 12.7. The van der Waals surface area contributed by atoms with Crippen molar-refractivity contribution in [2.75, 3.05) is 6.54 Å². The summed E-state index contributed by atoms with van der Waals surface area (Å²) in [6.45, 7) is 8.18. The number of ether oxygens (including phenoxy) is 1. The van der Waals surface area contributed by atoms with Gasteiger partial charge in [-0.05, 0) is 46.6 Å². The van der Waals surface area contributed by atoms with Crippen molar-refractivity contribution >= 4 is 12.1 Å². The third-order valence-electron chi connectivity index (χ3n) is 3.37. The number of alkyl carbamates (subject to hydrolysis) is 1. The first-order chi connectivity index (χ1) is 9.23. The Morgan fingerprint density at radius 3 is 2.40 bits per heavy atom. The fraction of sp³-hybridized carbons (Fsp3) is 0.857. The van der Waals surface area contributed by atoms with E-state index in [0.29, 0.717) is 12.8 Å². The van der Waals surface area contributed by atoms with Crippen LogP contribution >= 0.6 is 0 Å². The minimum atomic E-state index is -0.795. The molecule has 1 rings (SSSR count). The van der Waals surface area contributed by atoms with Gasteiger partial charge in [-0.25, -0.2) is 4.79 Å². The molecular weight excluding hydrogens is 260 g/mol. The van der Waals surface area contributed by atoms with Crippen molar-refractivity contribution in [2.24, 2.45) is 5.92 Å². The molecule has 6 nitrogen and oxygen atoms in total. The summed E-state index contributed by atoms with van der Waals surface area (Å²) in [5.41, 5.74) is -0.557. The first-order valence-electron chi connectivity index (χ1n) is 7.18. The molecule has 0 radical (unpaired) electrons. The van der Waals surface area contributed by atoms with Gasteiger partial charge in [-0.3, -0.25) is 4.79 Å². The van der Waals surface area contributed by atoms with Gasteiger partial charge in [-0.2, -0.15) is 0 Å². The molecule has 116 valence electrons. The van der Waals surface area contributed by atoms with Gasteiger partial charge in [0.25, 0.3) is 0 Å². The van der Waals surface area contributed by atoms with E-state index < -0.39 is 23.6 Å². The quantitative estimate of drug-likeness (QED) is 0.732. The fourth-order valence-electron chi connectivity index (χ4n) is 2.52. The minimum Gasteiger partial charge on any atom is -0.481 e. The van der Waals surface area contributed by atoms with Gasteiger partial charge in [0.1, 0.15) is 5.60 Å². The summed E-state index contributed by atoms with van der Waals surface area (Å²) >= 11 is 0. The molecule has 3 atom stereocenters. The van der Waals surface area contributed by atoms with Crippen molar-refractivity contribution < 1.29 is 19.4 Å². The van der Waals surface area contributed by atoms with Crippen LogP contribution in [0.1, 0.15) is 47.0 Å². The van der Waals surface area contributed by atoms with E-state index in [1.807, 2.05) is 6.92 Å². The second kappa shape index (κ2) is 6.92. The first kappa shape index (κ1) is 16.8. The summed E-state index contributed by atoms with van der Waals surface area (Å²) in [4.78, 5) is 23.0. The van der Waals surface area contributed by atoms with Crippen LogP contribution in [0.15, 0.2) is 0 Å².